The molecule has 2 aromatic carbocycles. The van der Waals surface area contributed by atoms with E-state index >= 15 is 0 Å². The Balaban J connectivity index is 1.22. The van der Waals surface area contributed by atoms with Crippen LogP contribution in [0.2, 0.25) is 0 Å². The number of hydrogen-bond acceptors (Lipinski definition) is 7. The number of carboxylic acid groups (broad SMARTS) is 1. The molecular weight excluding hydrogens is 552 g/mol. The van der Waals surface area contributed by atoms with Gasteiger partial charge in [-0.1, -0.05) is 36.4 Å². The smallest absolute Gasteiger partial charge is 0.352 e. The number of anilines is 1. The van der Waals surface area contributed by atoms with Gasteiger partial charge >= 0.3 is 5.97 Å². The van der Waals surface area contributed by atoms with Crippen molar-refractivity contribution in [1.29, 1.82) is 0 Å². The number of carbonyl (C=O) groups is 5. The minimum absolute atomic E-state index is 0.124. The van der Waals surface area contributed by atoms with Crippen LogP contribution in [-0.2, 0) is 24.0 Å². The van der Waals surface area contributed by atoms with Gasteiger partial charge in [0, 0.05) is 28.5 Å². The molecule has 0 aliphatic carbocycles. The molecule has 3 aliphatic heterocycles. The number of likely N-dealkylation sites (tertiary alicyclic amines) is 1. The summed E-state index contributed by atoms with van der Waals surface area (Å²) in [6.07, 6.45) is 1.88. The molecule has 2 fully saturated rings. The van der Waals surface area contributed by atoms with Crippen molar-refractivity contribution < 1.29 is 29.1 Å². The first-order valence-electron chi connectivity index (χ1n) is 12.5. The van der Waals surface area contributed by atoms with Gasteiger partial charge in [-0.25, -0.2) is 4.79 Å². The number of allylic oxidation sites excluding steroid dienone is 1. The van der Waals surface area contributed by atoms with Crippen LogP contribution in [0, 0.1) is 0 Å². The highest BCUT2D eigenvalue weighted by atomic mass is 32.2. The minimum Gasteiger partial charge on any atom is -0.477 e. The fourth-order valence-corrected chi connectivity index (χ4v) is 6.73. The monoisotopic (exact) mass is 578 g/mol. The van der Waals surface area contributed by atoms with Gasteiger partial charge in [0.05, 0.1) is 5.75 Å². The Morgan fingerprint density at radius 1 is 1.02 bits per heavy atom. The summed E-state index contributed by atoms with van der Waals surface area (Å²) in [7, 11) is 0. The van der Waals surface area contributed by atoms with Crippen molar-refractivity contribution in [2.24, 2.45) is 0 Å². The summed E-state index contributed by atoms with van der Waals surface area (Å²) in [5.74, 6) is -2.38. The van der Waals surface area contributed by atoms with Gasteiger partial charge in [-0.15, -0.1) is 23.5 Å². The number of carboxylic acids is 1. The maximum Gasteiger partial charge on any atom is 0.352 e. The second-order valence-corrected chi connectivity index (χ2v) is 11.4. The summed E-state index contributed by atoms with van der Waals surface area (Å²) < 4.78 is 0. The number of β-lactam (4-membered cyclic amide) rings is 1. The van der Waals surface area contributed by atoms with Crippen LogP contribution in [0.5, 0.6) is 0 Å². The number of para-hydroxylation sites is 1. The Morgan fingerprint density at radius 3 is 2.42 bits per heavy atom. The van der Waals surface area contributed by atoms with E-state index in [1.807, 2.05) is 36.4 Å². The van der Waals surface area contributed by atoms with Crippen LogP contribution in [-0.4, -0.2) is 80.5 Å². The third kappa shape index (κ3) is 5.92. The summed E-state index contributed by atoms with van der Waals surface area (Å²) >= 11 is 2.68. The molecule has 0 radical (unpaired) electrons. The first-order valence-corrected chi connectivity index (χ1v) is 14.6. The second kappa shape index (κ2) is 12.0. The van der Waals surface area contributed by atoms with Crippen molar-refractivity contribution in [3.8, 4) is 0 Å². The highest BCUT2D eigenvalue weighted by Crippen LogP contribution is 2.41. The molecule has 0 saturated carbocycles. The minimum atomic E-state index is -1.28. The van der Waals surface area contributed by atoms with Crippen LogP contribution in [0.3, 0.4) is 0 Å². The Kier molecular flexibility index (Phi) is 8.27. The third-order valence-electron chi connectivity index (χ3n) is 6.58. The molecule has 0 bridgehead atoms. The summed E-state index contributed by atoms with van der Waals surface area (Å²) in [4.78, 5) is 66.5. The molecule has 40 heavy (non-hydrogen) atoms. The predicted molar refractivity (Wildman–Crippen MR) is 151 cm³/mol. The standard InChI is InChI=1S/C28H26N4O6S2/c33-21(29-19-7-3-1-4-8-19)14-31-12-11-17(25(31)35)13-18-15-40-27-23(26(36)32(27)24(18)28(37)38)30-22(34)16-39-20-9-5-2-6-10-20/h1-10,13,23,27H,11-12,14-16H2,(H,29,33)(H,30,34)(H,37,38)/t23-,27-/m1/s1. The Bertz CT molecular complexity index is 1410. The van der Waals surface area contributed by atoms with Crippen molar-refractivity contribution in [3.05, 3.63) is 83.6 Å². The van der Waals surface area contributed by atoms with Crippen LogP contribution in [0.1, 0.15) is 6.42 Å². The molecule has 2 aromatic rings. The van der Waals surface area contributed by atoms with E-state index in [-0.39, 0.29) is 41.5 Å². The van der Waals surface area contributed by atoms with Crippen LogP contribution >= 0.6 is 23.5 Å². The van der Waals surface area contributed by atoms with Gasteiger partial charge in [0.15, 0.2) is 0 Å². The van der Waals surface area contributed by atoms with Crippen LogP contribution in [0.25, 0.3) is 0 Å². The van der Waals surface area contributed by atoms with E-state index in [4.69, 9.17) is 0 Å². The van der Waals surface area contributed by atoms with Gasteiger partial charge in [0.1, 0.15) is 23.7 Å². The van der Waals surface area contributed by atoms with E-state index in [2.05, 4.69) is 10.6 Å². The highest BCUT2D eigenvalue weighted by Gasteiger charge is 2.54. The fourth-order valence-electron chi connectivity index (χ4n) is 4.69. The molecule has 12 heteroatoms. The number of amides is 4. The highest BCUT2D eigenvalue weighted by molar-refractivity contribution is 8.00. The number of thioether (sulfide) groups is 2. The van der Waals surface area contributed by atoms with Gasteiger partial charge in [0.25, 0.3) is 5.91 Å². The van der Waals surface area contributed by atoms with Crippen LogP contribution in [0.4, 0.5) is 5.69 Å². The number of fused-ring (bicyclic) bond motifs is 1. The normalized spacial score (nSPS) is 21.2. The van der Waals surface area contributed by atoms with Crippen molar-refractivity contribution in [3.63, 3.8) is 0 Å². The second-order valence-electron chi connectivity index (χ2n) is 9.30. The number of aliphatic carboxylic acids is 1. The first-order chi connectivity index (χ1) is 19.3. The van der Waals surface area contributed by atoms with E-state index in [1.54, 1.807) is 24.3 Å². The summed E-state index contributed by atoms with van der Waals surface area (Å²) in [6.45, 7) is 0.206. The quantitative estimate of drug-likeness (QED) is 0.234. The topological polar surface area (TPSA) is 136 Å². The third-order valence-corrected chi connectivity index (χ3v) is 8.90. The van der Waals surface area contributed by atoms with Crippen LogP contribution in [0.15, 0.2) is 88.5 Å². The van der Waals surface area contributed by atoms with Crippen molar-refractivity contribution >= 4 is 58.8 Å². The van der Waals surface area contributed by atoms with Gasteiger partial charge in [-0.05, 0) is 42.3 Å². The molecule has 0 aromatic heterocycles. The molecule has 0 spiro atoms. The Hall–Kier alpha value is -4.03. The molecule has 3 aliphatic rings. The molecule has 5 rings (SSSR count). The molecule has 2 saturated heterocycles. The number of nitrogens with zero attached hydrogens (tertiary/aromatic N) is 2. The summed E-state index contributed by atoms with van der Waals surface area (Å²) in [5, 5.41) is 14.9. The maximum atomic E-state index is 13.0. The number of carbonyl (C=O) groups excluding carboxylic acids is 4. The first kappa shape index (κ1) is 27.5. The number of rotatable bonds is 9. The number of nitrogens with one attached hydrogen (secondary N) is 2. The molecule has 3 heterocycles. The maximum absolute atomic E-state index is 13.0. The SMILES string of the molecule is O=C(CN1CCC(=CC2=C(C(=O)O)N3C(=O)[C@@H](NC(=O)CSc4ccccc4)[C@H]3SC2)C1=O)Nc1ccccc1. The molecular formula is C28H26N4O6S2. The van der Waals surface area contributed by atoms with E-state index in [1.165, 1.54) is 39.4 Å². The molecule has 2 atom stereocenters. The lowest BCUT2D eigenvalue weighted by Gasteiger charge is -2.49. The largest absolute Gasteiger partial charge is 0.477 e. The number of hydrogen-bond donors (Lipinski definition) is 3. The van der Waals surface area contributed by atoms with Crippen molar-refractivity contribution in [2.75, 3.05) is 29.9 Å². The molecule has 4 amide bonds. The summed E-state index contributed by atoms with van der Waals surface area (Å²) in [6, 6.07) is 17.5. The lowest BCUT2D eigenvalue weighted by atomic mass is 10.0. The van der Waals surface area contributed by atoms with Gasteiger partial charge in [-0.2, -0.15) is 0 Å². The van der Waals surface area contributed by atoms with E-state index in [0.29, 0.717) is 29.8 Å². The molecule has 3 N–H and O–H groups in total. The van der Waals surface area contributed by atoms with Crippen molar-refractivity contribution in [1.82, 2.24) is 15.1 Å². The molecule has 206 valence electrons. The average Bonchev–Trinajstić information content (AvgIpc) is 3.29. The van der Waals surface area contributed by atoms with Gasteiger partial charge < -0.3 is 20.6 Å². The Labute approximate surface area is 238 Å². The van der Waals surface area contributed by atoms with E-state index < -0.39 is 23.3 Å². The lowest BCUT2D eigenvalue weighted by molar-refractivity contribution is -0.150. The zero-order chi connectivity index (χ0) is 28.2. The zero-order valence-corrected chi connectivity index (χ0v) is 22.9. The van der Waals surface area contributed by atoms with Gasteiger partial charge in [0.2, 0.25) is 17.7 Å². The van der Waals surface area contributed by atoms with E-state index in [0.717, 1.165) is 4.90 Å². The molecule has 10 nitrogen and oxygen atoms in total. The van der Waals surface area contributed by atoms with Crippen LogP contribution < -0.4 is 10.6 Å². The average molecular weight is 579 g/mol. The molecule has 0 unspecified atom stereocenters. The Morgan fingerprint density at radius 2 is 1.73 bits per heavy atom. The summed E-state index contributed by atoms with van der Waals surface area (Å²) in [5.41, 5.74) is 1.18. The van der Waals surface area contributed by atoms with Crippen molar-refractivity contribution in [2.45, 2.75) is 22.7 Å². The zero-order valence-electron chi connectivity index (χ0n) is 21.2. The van der Waals surface area contributed by atoms with Gasteiger partial charge in [-0.3, -0.25) is 24.1 Å². The van der Waals surface area contributed by atoms with E-state index in [9.17, 15) is 29.1 Å². The lowest BCUT2D eigenvalue weighted by Crippen LogP contribution is -2.70. The predicted octanol–water partition coefficient (Wildman–Crippen LogP) is 2.31. The number of benzene rings is 2. The fraction of sp³-hybridized carbons (Fsp3) is 0.250.